The van der Waals surface area contributed by atoms with Crippen molar-refractivity contribution in [1.29, 1.82) is 0 Å². The van der Waals surface area contributed by atoms with Crippen LogP contribution in [-0.2, 0) is 0 Å². The maximum Gasteiger partial charge on any atom is 0.256 e. The predicted molar refractivity (Wildman–Crippen MR) is 127 cm³/mol. The molecule has 0 saturated heterocycles. The number of fused-ring (bicyclic) bond motifs is 1. The zero-order chi connectivity index (χ0) is 21.0. The van der Waals surface area contributed by atoms with Crippen LogP contribution in [0, 0.1) is 0 Å². The molecule has 0 radical (unpaired) electrons. The number of hydrogen-bond donors (Lipinski definition) is 1. The van der Waals surface area contributed by atoms with E-state index in [1.807, 2.05) is 115 Å². The van der Waals surface area contributed by atoms with E-state index in [9.17, 15) is 4.79 Å². The lowest BCUT2D eigenvalue weighted by Gasteiger charge is -2.13. The standard InChI is InChI=1S/C28H20N2O/c31-28(30-26-16-8-7-14-22(26)20-10-3-1-4-11-20)24-15-9-17-27-23(24)18-19-25(29-27)21-12-5-2-6-13-21/h1-19H,(H,30,31). The van der Waals surface area contributed by atoms with E-state index in [0.29, 0.717) is 5.56 Å². The van der Waals surface area contributed by atoms with Crippen LogP contribution in [0.25, 0.3) is 33.3 Å². The van der Waals surface area contributed by atoms with Gasteiger partial charge in [0.25, 0.3) is 5.91 Å². The Labute approximate surface area is 181 Å². The van der Waals surface area contributed by atoms with Crippen LogP contribution in [0.15, 0.2) is 115 Å². The lowest BCUT2D eigenvalue weighted by molar-refractivity contribution is 0.102. The van der Waals surface area contributed by atoms with Crippen molar-refractivity contribution < 1.29 is 4.79 Å². The van der Waals surface area contributed by atoms with Crippen LogP contribution in [0.1, 0.15) is 10.4 Å². The maximum absolute atomic E-state index is 13.2. The Morgan fingerprint density at radius 1 is 0.613 bits per heavy atom. The zero-order valence-electron chi connectivity index (χ0n) is 16.8. The molecule has 4 aromatic carbocycles. The number of amides is 1. The minimum Gasteiger partial charge on any atom is -0.321 e. The molecule has 1 heterocycles. The zero-order valence-corrected chi connectivity index (χ0v) is 16.8. The van der Waals surface area contributed by atoms with E-state index in [2.05, 4.69) is 5.32 Å². The summed E-state index contributed by atoms with van der Waals surface area (Å²) >= 11 is 0. The number of pyridine rings is 1. The molecule has 5 rings (SSSR count). The Kier molecular flexibility index (Phi) is 4.99. The quantitative estimate of drug-likeness (QED) is 0.360. The van der Waals surface area contributed by atoms with Crippen molar-refractivity contribution in [2.75, 3.05) is 5.32 Å². The lowest BCUT2D eigenvalue weighted by atomic mass is 10.0. The summed E-state index contributed by atoms with van der Waals surface area (Å²) in [6.45, 7) is 0. The molecule has 0 unspecified atom stereocenters. The van der Waals surface area contributed by atoms with Crippen molar-refractivity contribution in [3.63, 3.8) is 0 Å². The van der Waals surface area contributed by atoms with Crippen molar-refractivity contribution in [3.8, 4) is 22.4 Å². The highest BCUT2D eigenvalue weighted by atomic mass is 16.1. The molecule has 0 atom stereocenters. The fraction of sp³-hybridized carbons (Fsp3) is 0. The lowest BCUT2D eigenvalue weighted by Crippen LogP contribution is -2.13. The smallest absolute Gasteiger partial charge is 0.256 e. The number of anilines is 1. The normalized spacial score (nSPS) is 10.7. The molecule has 0 bridgehead atoms. The summed E-state index contributed by atoms with van der Waals surface area (Å²) in [6, 6.07) is 37.5. The van der Waals surface area contributed by atoms with Gasteiger partial charge in [-0.1, -0.05) is 84.9 Å². The van der Waals surface area contributed by atoms with Crippen LogP contribution in [0.5, 0.6) is 0 Å². The second-order valence-corrected chi connectivity index (χ2v) is 7.30. The number of aromatic nitrogens is 1. The number of hydrogen-bond acceptors (Lipinski definition) is 2. The SMILES string of the molecule is O=C(Nc1ccccc1-c1ccccc1)c1cccc2nc(-c3ccccc3)ccc12. The third-order valence-corrected chi connectivity index (χ3v) is 5.31. The fourth-order valence-corrected chi connectivity index (χ4v) is 3.77. The Balaban J connectivity index is 1.50. The van der Waals surface area contributed by atoms with Crippen molar-refractivity contribution >= 4 is 22.5 Å². The van der Waals surface area contributed by atoms with Crippen molar-refractivity contribution in [2.24, 2.45) is 0 Å². The predicted octanol–water partition coefficient (Wildman–Crippen LogP) is 6.82. The number of carbonyl (C=O) groups excluding carboxylic acids is 1. The summed E-state index contributed by atoms with van der Waals surface area (Å²) in [5, 5.41) is 3.93. The van der Waals surface area contributed by atoms with Gasteiger partial charge >= 0.3 is 0 Å². The second kappa shape index (κ2) is 8.25. The Hall–Kier alpha value is -4.24. The fourth-order valence-electron chi connectivity index (χ4n) is 3.77. The Morgan fingerprint density at radius 2 is 1.29 bits per heavy atom. The molecule has 0 aliphatic heterocycles. The number of para-hydroxylation sites is 1. The van der Waals surface area contributed by atoms with E-state index < -0.39 is 0 Å². The van der Waals surface area contributed by atoms with Gasteiger partial charge in [0, 0.05) is 27.8 Å². The van der Waals surface area contributed by atoms with Gasteiger partial charge in [-0.2, -0.15) is 0 Å². The summed E-state index contributed by atoms with van der Waals surface area (Å²) in [5.74, 6) is -0.150. The van der Waals surface area contributed by atoms with E-state index in [1.54, 1.807) is 0 Å². The molecule has 5 aromatic rings. The van der Waals surface area contributed by atoms with Gasteiger partial charge in [0.2, 0.25) is 0 Å². The number of rotatable bonds is 4. The van der Waals surface area contributed by atoms with Crippen molar-refractivity contribution in [2.45, 2.75) is 0 Å². The van der Waals surface area contributed by atoms with Gasteiger partial charge in [-0.15, -0.1) is 0 Å². The van der Waals surface area contributed by atoms with Gasteiger partial charge in [0.05, 0.1) is 11.2 Å². The molecule has 0 saturated carbocycles. The van der Waals surface area contributed by atoms with E-state index in [1.165, 1.54) is 0 Å². The molecule has 3 nitrogen and oxygen atoms in total. The molecular formula is C28H20N2O. The van der Waals surface area contributed by atoms with E-state index in [0.717, 1.165) is 39.0 Å². The summed E-state index contributed by atoms with van der Waals surface area (Å²) in [4.78, 5) is 18.0. The maximum atomic E-state index is 13.2. The molecule has 31 heavy (non-hydrogen) atoms. The second-order valence-electron chi connectivity index (χ2n) is 7.30. The number of nitrogens with zero attached hydrogens (tertiary/aromatic N) is 1. The van der Waals surface area contributed by atoms with Gasteiger partial charge in [0.15, 0.2) is 0 Å². The summed E-state index contributed by atoms with van der Waals surface area (Å²) in [6.07, 6.45) is 0. The monoisotopic (exact) mass is 400 g/mol. The highest BCUT2D eigenvalue weighted by molar-refractivity contribution is 6.13. The van der Waals surface area contributed by atoms with E-state index >= 15 is 0 Å². The van der Waals surface area contributed by atoms with Crippen LogP contribution < -0.4 is 5.32 Å². The molecule has 0 fully saturated rings. The molecule has 1 amide bonds. The molecule has 148 valence electrons. The van der Waals surface area contributed by atoms with Crippen molar-refractivity contribution in [1.82, 2.24) is 4.98 Å². The molecule has 0 spiro atoms. The minimum absolute atomic E-state index is 0.150. The molecular weight excluding hydrogens is 380 g/mol. The first kappa shape index (κ1) is 18.8. The topological polar surface area (TPSA) is 42.0 Å². The highest BCUT2D eigenvalue weighted by Crippen LogP contribution is 2.29. The molecule has 0 aliphatic rings. The van der Waals surface area contributed by atoms with Gasteiger partial charge < -0.3 is 5.32 Å². The number of carbonyl (C=O) groups is 1. The van der Waals surface area contributed by atoms with E-state index in [-0.39, 0.29) is 5.91 Å². The van der Waals surface area contributed by atoms with Crippen LogP contribution in [0.3, 0.4) is 0 Å². The first-order chi connectivity index (χ1) is 15.3. The largest absolute Gasteiger partial charge is 0.321 e. The van der Waals surface area contributed by atoms with Gasteiger partial charge in [-0.25, -0.2) is 4.98 Å². The summed E-state index contributed by atoms with van der Waals surface area (Å²) < 4.78 is 0. The van der Waals surface area contributed by atoms with Crippen LogP contribution in [0.2, 0.25) is 0 Å². The van der Waals surface area contributed by atoms with Crippen LogP contribution in [-0.4, -0.2) is 10.9 Å². The van der Waals surface area contributed by atoms with Crippen LogP contribution in [0.4, 0.5) is 5.69 Å². The number of benzene rings is 4. The Bertz CT molecular complexity index is 1360. The molecule has 3 heteroatoms. The minimum atomic E-state index is -0.150. The van der Waals surface area contributed by atoms with Gasteiger partial charge in [0.1, 0.15) is 0 Å². The third kappa shape index (κ3) is 3.81. The molecule has 0 aliphatic carbocycles. The third-order valence-electron chi connectivity index (χ3n) is 5.31. The highest BCUT2D eigenvalue weighted by Gasteiger charge is 2.14. The summed E-state index contributed by atoms with van der Waals surface area (Å²) in [5.41, 5.74) is 6.17. The van der Waals surface area contributed by atoms with Crippen molar-refractivity contribution in [3.05, 3.63) is 121 Å². The van der Waals surface area contributed by atoms with Gasteiger partial charge in [-0.3, -0.25) is 4.79 Å². The first-order valence-electron chi connectivity index (χ1n) is 10.2. The Morgan fingerprint density at radius 3 is 2.06 bits per heavy atom. The van der Waals surface area contributed by atoms with Crippen LogP contribution >= 0.6 is 0 Å². The number of nitrogens with one attached hydrogen (secondary N) is 1. The van der Waals surface area contributed by atoms with E-state index in [4.69, 9.17) is 4.98 Å². The average molecular weight is 400 g/mol. The summed E-state index contributed by atoms with van der Waals surface area (Å²) in [7, 11) is 0. The average Bonchev–Trinajstić information content (AvgIpc) is 2.84. The molecule has 1 N–H and O–H groups in total. The van der Waals surface area contributed by atoms with Gasteiger partial charge in [-0.05, 0) is 35.9 Å². The first-order valence-corrected chi connectivity index (χ1v) is 10.2. The molecule has 1 aromatic heterocycles.